The minimum atomic E-state index is -0.148. The number of hydrogen-bond donors (Lipinski definition) is 5. The number of nitrogens with one attached hydrogen (secondary N) is 5. The van der Waals surface area contributed by atoms with Crippen LogP contribution in [0.2, 0.25) is 0 Å². The van der Waals surface area contributed by atoms with Crippen LogP contribution in [0, 0.1) is 6.92 Å². The number of rotatable bonds is 8. The highest BCUT2D eigenvalue weighted by Crippen LogP contribution is 2.20. The Kier molecular flexibility index (Phi) is 7.16. The molecule has 9 nitrogen and oxygen atoms in total. The van der Waals surface area contributed by atoms with E-state index in [0.29, 0.717) is 5.95 Å². The molecular weight excluding hydrogens is 404 g/mol. The van der Waals surface area contributed by atoms with Gasteiger partial charge in [-0.15, -0.1) is 0 Å². The quantitative estimate of drug-likeness (QED) is 0.359. The second-order valence-electron chi connectivity index (χ2n) is 8.11. The number of carbonyl (C=O) groups excluding carboxylic acids is 1. The second kappa shape index (κ2) is 10.6. The first-order valence-corrected chi connectivity index (χ1v) is 11.1. The predicted octanol–water partition coefficient (Wildman–Crippen LogP) is 4.36. The van der Waals surface area contributed by atoms with Crippen LogP contribution in [-0.2, 0) is 6.42 Å². The van der Waals surface area contributed by atoms with E-state index >= 15 is 0 Å². The molecule has 1 saturated carbocycles. The van der Waals surface area contributed by atoms with E-state index in [1.54, 1.807) is 12.5 Å². The van der Waals surface area contributed by atoms with Crippen LogP contribution < -0.4 is 21.3 Å². The summed E-state index contributed by atoms with van der Waals surface area (Å²) in [6.45, 7) is 2.71. The summed E-state index contributed by atoms with van der Waals surface area (Å²) in [6, 6.07) is 7.65. The van der Waals surface area contributed by atoms with Crippen molar-refractivity contribution in [3.8, 4) is 0 Å². The monoisotopic (exact) mass is 434 g/mol. The van der Waals surface area contributed by atoms with Gasteiger partial charge in [0.2, 0.25) is 5.95 Å². The smallest absolute Gasteiger partial charge is 0.319 e. The van der Waals surface area contributed by atoms with Crippen LogP contribution in [0.5, 0.6) is 0 Å². The van der Waals surface area contributed by atoms with Gasteiger partial charge in [0, 0.05) is 54.0 Å². The molecule has 1 aliphatic rings. The third kappa shape index (κ3) is 6.19. The lowest BCUT2D eigenvalue weighted by Crippen LogP contribution is -2.38. The molecule has 0 aliphatic heterocycles. The fraction of sp³-hybridized carbons (Fsp3) is 0.391. The average Bonchev–Trinajstić information content (AvgIpc) is 3.31. The highest BCUT2D eigenvalue weighted by molar-refractivity contribution is 5.89. The molecule has 2 amide bonds. The Morgan fingerprint density at radius 3 is 2.62 bits per heavy atom. The van der Waals surface area contributed by atoms with E-state index in [1.165, 1.54) is 19.3 Å². The summed E-state index contributed by atoms with van der Waals surface area (Å²) >= 11 is 0. The van der Waals surface area contributed by atoms with Crippen LogP contribution in [-0.4, -0.2) is 38.6 Å². The van der Waals surface area contributed by atoms with E-state index in [0.717, 1.165) is 54.3 Å². The molecule has 3 aromatic rings. The molecule has 2 aromatic heterocycles. The summed E-state index contributed by atoms with van der Waals surface area (Å²) in [6.07, 6.45) is 11.9. The Morgan fingerprint density at radius 1 is 1.09 bits per heavy atom. The number of hydrogen-bond acceptors (Lipinski definition) is 6. The summed E-state index contributed by atoms with van der Waals surface area (Å²) in [5, 5.41) is 12.5. The van der Waals surface area contributed by atoms with Crippen molar-refractivity contribution >= 4 is 29.2 Å². The summed E-state index contributed by atoms with van der Waals surface area (Å²) in [5.41, 5.74) is 3.64. The Morgan fingerprint density at radius 2 is 1.88 bits per heavy atom. The highest BCUT2D eigenvalue weighted by atomic mass is 16.2. The van der Waals surface area contributed by atoms with E-state index in [4.69, 9.17) is 0 Å². The third-order valence-corrected chi connectivity index (χ3v) is 5.55. The van der Waals surface area contributed by atoms with Crippen molar-refractivity contribution in [3.63, 3.8) is 0 Å². The molecule has 32 heavy (non-hydrogen) atoms. The van der Waals surface area contributed by atoms with Crippen molar-refractivity contribution in [1.29, 1.82) is 0 Å². The molecule has 5 N–H and O–H groups in total. The molecule has 1 fully saturated rings. The van der Waals surface area contributed by atoms with Crippen LogP contribution in [0.1, 0.15) is 43.4 Å². The van der Waals surface area contributed by atoms with Crippen LogP contribution in [0.15, 0.2) is 43.0 Å². The first-order valence-electron chi connectivity index (χ1n) is 11.1. The van der Waals surface area contributed by atoms with E-state index < -0.39 is 0 Å². The summed E-state index contributed by atoms with van der Waals surface area (Å²) in [7, 11) is 0. The predicted molar refractivity (Wildman–Crippen MR) is 126 cm³/mol. The average molecular weight is 435 g/mol. The zero-order chi connectivity index (χ0) is 22.2. The number of aromatic nitrogens is 4. The fourth-order valence-corrected chi connectivity index (χ4v) is 3.78. The van der Waals surface area contributed by atoms with Crippen molar-refractivity contribution in [2.24, 2.45) is 0 Å². The zero-order valence-corrected chi connectivity index (χ0v) is 18.3. The molecule has 1 aromatic carbocycles. The molecule has 168 valence electrons. The maximum atomic E-state index is 12.2. The molecule has 0 radical (unpaired) electrons. The summed E-state index contributed by atoms with van der Waals surface area (Å²) in [5.74, 6) is 1.30. The molecular formula is C23H30N8O. The molecule has 1 aliphatic carbocycles. The molecule has 2 heterocycles. The number of H-pyrrole nitrogens is 1. The van der Waals surface area contributed by atoms with Gasteiger partial charge in [-0.05, 0) is 44.0 Å². The number of carbonyl (C=O) groups is 1. The maximum Gasteiger partial charge on any atom is 0.319 e. The standard InChI is InChI=1S/C23H30N8O/c1-16-13-26-22(31-21(16)25-12-11-20-14-24-15-27-20)28-18-7-9-19(10-8-18)30-23(32)29-17-5-3-2-4-6-17/h7-10,13-15,17H,2-6,11-12H2,1H3,(H,24,27)(H2,29,30,32)(H2,25,26,28,31). The SMILES string of the molecule is Cc1cnc(Nc2ccc(NC(=O)NC3CCCCC3)cc2)nc1NCCc1cnc[nH]1. The molecule has 9 heteroatoms. The van der Waals surface area contributed by atoms with Gasteiger partial charge in [0.15, 0.2) is 0 Å². The van der Waals surface area contributed by atoms with Gasteiger partial charge in [-0.2, -0.15) is 4.98 Å². The van der Waals surface area contributed by atoms with Crippen LogP contribution in [0.25, 0.3) is 0 Å². The minimum Gasteiger partial charge on any atom is -0.369 e. The number of aryl methyl sites for hydroxylation is 1. The number of nitrogens with zero attached hydrogens (tertiary/aromatic N) is 3. The molecule has 0 spiro atoms. The van der Waals surface area contributed by atoms with Gasteiger partial charge < -0.3 is 26.3 Å². The van der Waals surface area contributed by atoms with Gasteiger partial charge in [-0.25, -0.2) is 14.8 Å². The van der Waals surface area contributed by atoms with Crippen LogP contribution >= 0.6 is 0 Å². The molecule has 0 unspecified atom stereocenters. The van der Waals surface area contributed by atoms with Crippen molar-refractivity contribution < 1.29 is 4.79 Å². The van der Waals surface area contributed by atoms with Crippen molar-refractivity contribution in [2.45, 2.75) is 51.5 Å². The molecule has 0 atom stereocenters. The largest absolute Gasteiger partial charge is 0.369 e. The number of amides is 2. The third-order valence-electron chi connectivity index (χ3n) is 5.55. The Labute approximate surface area is 187 Å². The Bertz CT molecular complexity index is 997. The van der Waals surface area contributed by atoms with Crippen LogP contribution in [0.4, 0.5) is 27.9 Å². The highest BCUT2D eigenvalue weighted by Gasteiger charge is 2.15. The first-order chi connectivity index (χ1) is 15.7. The lowest BCUT2D eigenvalue weighted by atomic mass is 9.96. The van der Waals surface area contributed by atoms with Gasteiger partial charge in [0.1, 0.15) is 5.82 Å². The van der Waals surface area contributed by atoms with E-state index in [1.807, 2.05) is 37.4 Å². The Hall–Kier alpha value is -3.62. The van der Waals surface area contributed by atoms with Gasteiger partial charge in [0.05, 0.1) is 6.33 Å². The minimum absolute atomic E-state index is 0.148. The first kappa shape index (κ1) is 21.6. The van der Waals surface area contributed by atoms with Gasteiger partial charge in [-0.3, -0.25) is 0 Å². The molecule has 0 bridgehead atoms. The van der Waals surface area contributed by atoms with Crippen molar-refractivity contribution in [3.05, 3.63) is 54.2 Å². The van der Waals surface area contributed by atoms with Gasteiger partial charge in [0.25, 0.3) is 0 Å². The normalized spacial score (nSPS) is 14.0. The van der Waals surface area contributed by atoms with Crippen LogP contribution in [0.3, 0.4) is 0 Å². The summed E-state index contributed by atoms with van der Waals surface area (Å²) in [4.78, 5) is 28.3. The lowest BCUT2D eigenvalue weighted by Gasteiger charge is -2.22. The lowest BCUT2D eigenvalue weighted by molar-refractivity contribution is 0.244. The van der Waals surface area contributed by atoms with Crippen molar-refractivity contribution in [2.75, 3.05) is 22.5 Å². The number of imidazole rings is 1. The molecule has 4 rings (SSSR count). The number of urea groups is 1. The number of benzene rings is 1. The maximum absolute atomic E-state index is 12.2. The van der Waals surface area contributed by atoms with Crippen molar-refractivity contribution in [1.82, 2.24) is 25.3 Å². The number of aromatic amines is 1. The van der Waals surface area contributed by atoms with E-state index in [-0.39, 0.29) is 12.1 Å². The van der Waals surface area contributed by atoms with E-state index in [9.17, 15) is 4.79 Å². The van der Waals surface area contributed by atoms with Gasteiger partial charge >= 0.3 is 6.03 Å². The van der Waals surface area contributed by atoms with E-state index in [2.05, 4.69) is 41.2 Å². The summed E-state index contributed by atoms with van der Waals surface area (Å²) < 4.78 is 0. The fourth-order valence-electron chi connectivity index (χ4n) is 3.78. The zero-order valence-electron chi connectivity index (χ0n) is 18.3. The molecule has 0 saturated heterocycles. The van der Waals surface area contributed by atoms with Gasteiger partial charge in [-0.1, -0.05) is 19.3 Å². The second-order valence-corrected chi connectivity index (χ2v) is 8.11. The topological polar surface area (TPSA) is 120 Å². The number of anilines is 4. The Balaban J connectivity index is 1.29.